The van der Waals surface area contributed by atoms with E-state index in [2.05, 4.69) is 221 Å². The maximum atomic E-state index is 7.25. The quantitative estimate of drug-likeness (QED) is 0.158. The van der Waals surface area contributed by atoms with E-state index in [1.807, 2.05) is 36.4 Å². The van der Waals surface area contributed by atoms with E-state index in [0.29, 0.717) is 17.5 Å². The molecule has 0 atom stereocenters. The second-order valence-electron chi connectivity index (χ2n) is 21.7. The van der Waals surface area contributed by atoms with E-state index in [-0.39, 0.29) is 0 Å². The molecule has 0 aliphatic heterocycles. The Kier molecular flexibility index (Phi) is 9.76. The Hall–Kier alpha value is -11.1. The lowest BCUT2D eigenvalue weighted by Gasteiger charge is -2.22. The second kappa shape index (κ2) is 17.7. The maximum absolute atomic E-state index is 7.25. The van der Waals surface area contributed by atoms with Gasteiger partial charge in [-0.1, -0.05) is 152 Å². The first-order valence-corrected chi connectivity index (χ1v) is 28.2. The predicted octanol–water partition coefficient (Wildman–Crippen LogP) is 20.2. The number of allylic oxidation sites excluding steroid dienone is 4. The SMILES string of the molecule is C1=CC(c2cc(-c3nc(-c4ccc5c(c4)oc4ccccc45)nc(-c4ccc5c(c4)oc4ccccc45)n3)cc(-c3ccccc3)c2-n2c3ccccc3c3c4oc5ccc6c7ccccc7n(-c7ccccc7)c6c5c4ccc32)=CCC1. The molecule has 8 nitrogen and oxygen atoms in total. The van der Waals surface area contributed by atoms with Gasteiger partial charge in [0.25, 0.3) is 0 Å². The van der Waals surface area contributed by atoms with Crippen molar-refractivity contribution in [2.24, 2.45) is 0 Å². The third kappa shape index (κ3) is 6.90. The van der Waals surface area contributed by atoms with E-state index < -0.39 is 0 Å². The molecule has 0 fully saturated rings. The van der Waals surface area contributed by atoms with E-state index in [9.17, 15) is 0 Å². The van der Waals surface area contributed by atoms with Crippen LogP contribution in [0.5, 0.6) is 0 Å². The first-order valence-electron chi connectivity index (χ1n) is 28.2. The van der Waals surface area contributed by atoms with Crippen molar-refractivity contribution in [3.8, 4) is 56.7 Å². The molecular weight excluding hydrogens is 1020 g/mol. The summed E-state index contributed by atoms with van der Waals surface area (Å²) >= 11 is 0. The van der Waals surface area contributed by atoms with Crippen LogP contribution in [-0.2, 0) is 0 Å². The molecule has 17 aromatic rings. The molecule has 1 aliphatic rings. The fourth-order valence-electron chi connectivity index (χ4n) is 13.3. The van der Waals surface area contributed by atoms with Gasteiger partial charge < -0.3 is 22.4 Å². The molecule has 83 heavy (non-hydrogen) atoms. The summed E-state index contributed by atoms with van der Waals surface area (Å²) in [5.41, 5.74) is 18.2. The van der Waals surface area contributed by atoms with Crippen molar-refractivity contribution in [2.45, 2.75) is 12.8 Å². The molecule has 0 spiro atoms. The molecule has 0 amide bonds. The molecule has 11 aromatic carbocycles. The van der Waals surface area contributed by atoms with Crippen molar-refractivity contribution in [3.05, 3.63) is 254 Å². The van der Waals surface area contributed by atoms with Crippen LogP contribution in [0.3, 0.4) is 0 Å². The van der Waals surface area contributed by atoms with E-state index >= 15 is 0 Å². The van der Waals surface area contributed by atoms with Gasteiger partial charge in [0.2, 0.25) is 0 Å². The van der Waals surface area contributed by atoms with Gasteiger partial charge in [0.05, 0.1) is 38.5 Å². The predicted molar refractivity (Wildman–Crippen MR) is 338 cm³/mol. The Morgan fingerprint density at radius 2 is 0.892 bits per heavy atom. The monoisotopic (exact) mass is 1060 g/mol. The van der Waals surface area contributed by atoms with Gasteiger partial charge in [-0.2, -0.15) is 0 Å². The van der Waals surface area contributed by atoms with E-state index in [1.54, 1.807) is 0 Å². The van der Waals surface area contributed by atoms with Crippen molar-refractivity contribution in [3.63, 3.8) is 0 Å². The van der Waals surface area contributed by atoms with Gasteiger partial charge in [0.15, 0.2) is 17.5 Å². The topological polar surface area (TPSA) is 87.9 Å². The summed E-state index contributed by atoms with van der Waals surface area (Å²) in [5, 5.41) is 10.9. The number of rotatable bonds is 7. The van der Waals surface area contributed by atoms with Crippen molar-refractivity contribution < 1.29 is 13.3 Å². The van der Waals surface area contributed by atoms with Crippen LogP contribution in [-0.4, -0.2) is 24.1 Å². The summed E-state index contributed by atoms with van der Waals surface area (Å²) in [6, 6.07) is 81.2. The number of benzene rings is 11. The summed E-state index contributed by atoms with van der Waals surface area (Å²) in [4.78, 5) is 16.2. The Morgan fingerprint density at radius 1 is 0.337 bits per heavy atom. The van der Waals surface area contributed by atoms with Gasteiger partial charge in [-0.15, -0.1) is 0 Å². The smallest absolute Gasteiger partial charge is 0.164 e. The minimum Gasteiger partial charge on any atom is -0.456 e. The summed E-state index contributed by atoms with van der Waals surface area (Å²) in [5.74, 6) is 1.59. The van der Waals surface area contributed by atoms with Crippen LogP contribution in [0.4, 0.5) is 0 Å². The normalized spacial score (nSPS) is 13.0. The lowest BCUT2D eigenvalue weighted by atomic mass is 9.90. The second-order valence-corrected chi connectivity index (χ2v) is 21.7. The highest BCUT2D eigenvalue weighted by molar-refractivity contribution is 6.30. The van der Waals surface area contributed by atoms with Gasteiger partial charge in [0.1, 0.15) is 33.5 Å². The molecule has 0 radical (unpaired) electrons. The number of para-hydroxylation sites is 5. The number of aromatic nitrogens is 5. The number of fused-ring (bicyclic) bond motifs is 17. The molecule has 0 saturated carbocycles. The third-order valence-corrected chi connectivity index (χ3v) is 17.0. The lowest BCUT2D eigenvalue weighted by molar-refractivity contribution is 0.668. The minimum absolute atomic E-state index is 0.527. The molecule has 0 bridgehead atoms. The van der Waals surface area contributed by atoms with Gasteiger partial charge in [-0.3, -0.25) is 0 Å². The van der Waals surface area contributed by atoms with Crippen molar-refractivity contribution in [1.82, 2.24) is 24.1 Å². The van der Waals surface area contributed by atoms with E-state index in [0.717, 1.165) is 162 Å². The highest BCUT2D eigenvalue weighted by Gasteiger charge is 2.27. The molecular formula is C75H45N5O3. The Morgan fingerprint density at radius 3 is 1.57 bits per heavy atom. The Labute approximate surface area is 473 Å². The molecule has 18 rings (SSSR count). The number of nitrogens with zero attached hydrogens (tertiary/aromatic N) is 5. The van der Waals surface area contributed by atoms with Gasteiger partial charge in [-0.05, 0) is 121 Å². The summed E-state index contributed by atoms with van der Waals surface area (Å²) in [7, 11) is 0. The molecule has 0 N–H and O–H groups in total. The van der Waals surface area contributed by atoms with Crippen LogP contribution in [0, 0.1) is 0 Å². The molecule has 1 aliphatic carbocycles. The zero-order chi connectivity index (χ0) is 54.3. The third-order valence-electron chi connectivity index (χ3n) is 17.0. The standard InChI is InChI=1S/C75H45N5O3/c1-4-18-44(19-5-1)58-40-48(75-77-73(46-32-34-53-51-25-12-16-30-63(51)81-66(53)42-46)76-74(78-75)47-33-35-54-52-26-13-17-31-64(52)82-67(54)43-47)41-59(45-20-6-2-7-21-45)70(58)80-61-29-15-11-27-56(61)68-62(80)38-36-57-69-65(83-72(57)68)39-37-55-50-24-10-14-28-60(50)79(71(55)69)49-22-8-3-9-23-49/h1,3-6,8-43H,2,7H2. The Bertz CT molecular complexity index is 5500. The average Bonchev–Trinajstić information content (AvgIpc) is 2.05. The van der Waals surface area contributed by atoms with Crippen molar-refractivity contribution in [1.29, 1.82) is 0 Å². The maximum Gasteiger partial charge on any atom is 0.164 e. The summed E-state index contributed by atoms with van der Waals surface area (Å²) < 4.78 is 25.0. The van der Waals surface area contributed by atoms with Gasteiger partial charge in [0, 0.05) is 76.6 Å². The molecule has 6 aromatic heterocycles. The number of furan rings is 3. The lowest BCUT2D eigenvalue weighted by Crippen LogP contribution is -2.05. The Balaban J connectivity index is 0.906. The van der Waals surface area contributed by atoms with Crippen LogP contribution in [0.25, 0.3) is 172 Å². The highest BCUT2D eigenvalue weighted by Crippen LogP contribution is 2.48. The molecule has 6 heterocycles. The zero-order valence-corrected chi connectivity index (χ0v) is 44.5. The molecule has 8 heteroatoms. The van der Waals surface area contributed by atoms with Crippen molar-refractivity contribution >= 4 is 115 Å². The van der Waals surface area contributed by atoms with Crippen LogP contribution >= 0.6 is 0 Å². The van der Waals surface area contributed by atoms with Crippen molar-refractivity contribution in [2.75, 3.05) is 0 Å². The van der Waals surface area contributed by atoms with Crippen LogP contribution in [0.15, 0.2) is 262 Å². The van der Waals surface area contributed by atoms with Crippen LogP contribution in [0.1, 0.15) is 18.4 Å². The number of hydrogen-bond acceptors (Lipinski definition) is 6. The van der Waals surface area contributed by atoms with Crippen LogP contribution < -0.4 is 0 Å². The van der Waals surface area contributed by atoms with Gasteiger partial charge in [-0.25, -0.2) is 15.0 Å². The fourth-order valence-corrected chi connectivity index (χ4v) is 13.3. The summed E-state index contributed by atoms with van der Waals surface area (Å²) in [6.45, 7) is 0. The average molecular weight is 1060 g/mol. The zero-order valence-electron chi connectivity index (χ0n) is 44.5. The van der Waals surface area contributed by atoms with Crippen LogP contribution in [0.2, 0.25) is 0 Å². The van der Waals surface area contributed by atoms with Gasteiger partial charge >= 0.3 is 0 Å². The van der Waals surface area contributed by atoms with E-state index in [4.69, 9.17) is 28.2 Å². The van der Waals surface area contributed by atoms with E-state index in [1.165, 1.54) is 10.8 Å². The number of hydrogen-bond donors (Lipinski definition) is 0. The molecule has 0 saturated heterocycles. The minimum atomic E-state index is 0.527. The fraction of sp³-hybridized carbons (Fsp3) is 0.0267. The summed E-state index contributed by atoms with van der Waals surface area (Å²) in [6.07, 6.45) is 8.81. The highest BCUT2D eigenvalue weighted by atomic mass is 16.3. The molecule has 388 valence electrons. The first kappa shape index (κ1) is 45.7. The first-order chi connectivity index (χ1) is 41.1. The molecule has 0 unspecified atom stereocenters. The largest absolute Gasteiger partial charge is 0.456 e.